The van der Waals surface area contributed by atoms with E-state index in [1.165, 1.54) is 6.07 Å². The molecule has 0 atom stereocenters. The average molecular weight is 448 g/mol. The molecule has 168 valence electrons. The van der Waals surface area contributed by atoms with E-state index in [0.717, 1.165) is 5.56 Å². The molecule has 0 fully saturated rings. The summed E-state index contributed by atoms with van der Waals surface area (Å²) in [5.74, 6) is 0.844. The van der Waals surface area contributed by atoms with Gasteiger partial charge in [-0.25, -0.2) is 4.39 Å². The molecule has 5 rings (SSSR count). The fraction of sp³-hybridized carbons (Fsp3) is 0.200. The second-order valence-electron chi connectivity index (χ2n) is 7.76. The first-order chi connectivity index (χ1) is 16.1. The third kappa shape index (κ3) is 4.32. The summed E-state index contributed by atoms with van der Waals surface area (Å²) >= 11 is 0. The third-order valence-electron chi connectivity index (χ3n) is 5.62. The SMILES string of the molecule is O=C(COc1cccc2c1CCN(Cc1ccccc1F)C2=O)Nc1ccc2c(c1)OCO2. The van der Waals surface area contributed by atoms with E-state index in [2.05, 4.69) is 5.32 Å². The van der Waals surface area contributed by atoms with Gasteiger partial charge in [0.05, 0.1) is 0 Å². The fourth-order valence-electron chi connectivity index (χ4n) is 3.98. The molecule has 7 nitrogen and oxygen atoms in total. The summed E-state index contributed by atoms with van der Waals surface area (Å²) in [4.78, 5) is 27.0. The highest BCUT2D eigenvalue weighted by Crippen LogP contribution is 2.34. The molecule has 0 spiro atoms. The molecule has 0 radical (unpaired) electrons. The molecule has 2 amide bonds. The molecule has 0 saturated carbocycles. The molecule has 2 aliphatic heterocycles. The number of ether oxygens (including phenoxy) is 3. The van der Waals surface area contributed by atoms with Gasteiger partial charge in [-0.2, -0.15) is 0 Å². The van der Waals surface area contributed by atoms with Gasteiger partial charge in [-0.1, -0.05) is 24.3 Å². The Bertz CT molecular complexity index is 1230. The van der Waals surface area contributed by atoms with Gasteiger partial charge in [0.25, 0.3) is 11.8 Å². The molecule has 3 aromatic rings. The molecule has 0 aliphatic carbocycles. The van der Waals surface area contributed by atoms with Crippen LogP contribution >= 0.6 is 0 Å². The lowest BCUT2D eigenvalue weighted by molar-refractivity contribution is -0.118. The Kier molecular flexibility index (Phi) is 5.56. The number of hydrogen-bond donors (Lipinski definition) is 1. The van der Waals surface area contributed by atoms with Crippen LogP contribution in [0.5, 0.6) is 17.2 Å². The van der Waals surface area contributed by atoms with Crippen LogP contribution in [0.15, 0.2) is 60.7 Å². The quantitative estimate of drug-likeness (QED) is 0.621. The molecule has 2 heterocycles. The number of amides is 2. The number of carbonyl (C=O) groups excluding carboxylic acids is 2. The summed E-state index contributed by atoms with van der Waals surface area (Å²) in [7, 11) is 0. The van der Waals surface area contributed by atoms with Crippen LogP contribution in [0.2, 0.25) is 0 Å². The zero-order valence-corrected chi connectivity index (χ0v) is 17.7. The van der Waals surface area contributed by atoms with Gasteiger partial charge in [0.1, 0.15) is 11.6 Å². The molecule has 8 heteroatoms. The molecule has 0 saturated heterocycles. The molecule has 1 N–H and O–H groups in total. The van der Waals surface area contributed by atoms with Gasteiger partial charge in [-0.05, 0) is 36.8 Å². The number of nitrogens with one attached hydrogen (secondary N) is 1. The van der Waals surface area contributed by atoms with Crippen LogP contribution in [0.3, 0.4) is 0 Å². The fourth-order valence-corrected chi connectivity index (χ4v) is 3.98. The van der Waals surface area contributed by atoms with Crippen molar-refractivity contribution >= 4 is 17.5 Å². The molecule has 3 aromatic carbocycles. The number of anilines is 1. The van der Waals surface area contributed by atoms with Crippen molar-refractivity contribution in [2.24, 2.45) is 0 Å². The zero-order valence-electron chi connectivity index (χ0n) is 17.7. The maximum absolute atomic E-state index is 14.0. The maximum Gasteiger partial charge on any atom is 0.262 e. The minimum atomic E-state index is -0.338. The number of hydrogen-bond acceptors (Lipinski definition) is 5. The minimum absolute atomic E-state index is 0.158. The number of carbonyl (C=O) groups is 2. The van der Waals surface area contributed by atoms with Crippen LogP contribution in [-0.2, 0) is 17.8 Å². The van der Waals surface area contributed by atoms with E-state index in [-0.39, 0.29) is 37.6 Å². The van der Waals surface area contributed by atoms with Crippen LogP contribution in [0.1, 0.15) is 21.5 Å². The average Bonchev–Trinajstić information content (AvgIpc) is 3.29. The molecular formula is C25H21FN2O5. The van der Waals surface area contributed by atoms with Gasteiger partial charge in [-0.3, -0.25) is 9.59 Å². The van der Waals surface area contributed by atoms with Crippen molar-refractivity contribution in [2.75, 3.05) is 25.3 Å². The second kappa shape index (κ2) is 8.82. The van der Waals surface area contributed by atoms with Crippen LogP contribution in [0, 0.1) is 5.82 Å². The molecular weight excluding hydrogens is 427 g/mol. The predicted molar refractivity (Wildman–Crippen MR) is 118 cm³/mol. The van der Waals surface area contributed by atoms with E-state index in [1.807, 2.05) is 0 Å². The maximum atomic E-state index is 14.0. The normalized spacial score (nSPS) is 14.1. The highest BCUT2D eigenvalue weighted by Gasteiger charge is 2.27. The van der Waals surface area contributed by atoms with E-state index in [0.29, 0.717) is 47.0 Å². The van der Waals surface area contributed by atoms with Gasteiger partial charge < -0.3 is 24.4 Å². The lowest BCUT2D eigenvalue weighted by Gasteiger charge is -2.29. The number of halogens is 1. The Balaban J connectivity index is 1.24. The summed E-state index contributed by atoms with van der Waals surface area (Å²) < 4.78 is 30.3. The Morgan fingerprint density at radius 3 is 2.79 bits per heavy atom. The number of fused-ring (bicyclic) bond motifs is 2. The Hall–Kier alpha value is -4.07. The van der Waals surface area contributed by atoms with Crippen LogP contribution in [0.4, 0.5) is 10.1 Å². The van der Waals surface area contributed by atoms with Crippen molar-refractivity contribution in [3.8, 4) is 17.2 Å². The molecule has 0 unspecified atom stereocenters. The summed E-state index contributed by atoms with van der Waals surface area (Å²) in [6.07, 6.45) is 0.551. The first-order valence-corrected chi connectivity index (χ1v) is 10.6. The van der Waals surface area contributed by atoms with Crippen molar-refractivity contribution in [3.63, 3.8) is 0 Å². The third-order valence-corrected chi connectivity index (χ3v) is 5.62. The molecule has 2 aliphatic rings. The largest absolute Gasteiger partial charge is 0.483 e. The number of rotatable bonds is 6. The summed E-state index contributed by atoms with van der Waals surface area (Å²) in [6.45, 7) is 0.585. The minimum Gasteiger partial charge on any atom is -0.483 e. The lowest BCUT2D eigenvalue weighted by atomic mass is 9.97. The van der Waals surface area contributed by atoms with Crippen molar-refractivity contribution < 1.29 is 28.2 Å². The van der Waals surface area contributed by atoms with Gasteiger partial charge in [0.15, 0.2) is 18.1 Å². The van der Waals surface area contributed by atoms with Crippen LogP contribution in [0.25, 0.3) is 0 Å². The van der Waals surface area contributed by atoms with E-state index in [4.69, 9.17) is 14.2 Å². The second-order valence-corrected chi connectivity index (χ2v) is 7.76. The summed E-state index contributed by atoms with van der Waals surface area (Å²) in [6, 6.07) is 16.8. The van der Waals surface area contributed by atoms with Gasteiger partial charge in [-0.15, -0.1) is 0 Å². The van der Waals surface area contributed by atoms with Crippen molar-refractivity contribution in [1.29, 1.82) is 0 Å². The first kappa shape index (κ1) is 20.8. The highest BCUT2D eigenvalue weighted by atomic mass is 19.1. The summed E-state index contributed by atoms with van der Waals surface area (Å²) in [5, 5.41) is 2.76. The van der Waals surface area contributed by atoms with Gasteiger partial charge in [0.2, 0.25) is 6.79 Å². The zero-order chi connectivity index (χ0) is 22.8. The monoisotopic (exact) mass is 448 g/mol. The van der Waals surface area contributed by atoms with Gasteiger partial charge in [0, 0.05) is 41.5 Å². The lowest BCUT2D eigenvalue weighted by Crippen LogP contribution is -2.37. The Labute approximate surface area is 189 Å². The molecule has 0 aromatic heterocycles. The van der Waals surface area contributed by atoms with Crippen LogP contribution in [-0.4, -0.2) is 36.7 Å². The number of benzene rings is 3. The Morgan fingerprint density at radius 1 is 1.06 bits per heavy atom. The Morgan fingerprint density at radius 2 is 1.91 bits per heavy atom. The number of nitrogens with zero attached hydrogens (tertiary/aromatic N) is 1. The highest BCUT2D eigenvalue weighted by molar-refractivity contribution is 5.97. The summed E-state index contributed by atoms with van der Waals surface area (Å²) in [5.41, 5.74) is 2.30. The van der Waals surface area contributed by atoms with Crippen molar-refractivity contribution in [2.45, 2.75) is 13.0 Å². The van der Waals surface area contributed by atoms with Crippen LogP contribution < -0.4 is 19.5 Å². The molecule has 33 heavy (non-hydrogen) atoms. The predicted octanol–water partition coefficient (Wildman–Crippen LogP) is 3.77. The van der Waals surface area contributed by atoms with E-state index in [9.17, 15) is 14.0 Å². The van der Waals surface area contributed by atoms with E-state index in [1.54, 1.807) is 59.5 Å². The smallest absolute Gasteiger partial charge is 0.262 e. The van der Waals surface area contributed by atoms with Crippen molar-refractivity contribution in [3.05, 3.63) is 83.2 Å². The van der Waals surface area contributed by atoms with Crippen molar-refractivity contribution in [1.82, 2.24) is 4.90 Å². The molecule has 0 bridgehead atoms. The van der Waals surface area contributed by atoms with E-state index < -0.39 is 0 Å². The topological polar surface area (TPSA) is 77.1 Å². The van der Waals surface area contributed by atoms with E-state index >= 15 is 0 Å². The first-order valence-electron chi connectivity index (χ1n) is 10.6. The van der Waals surface area contributed by atoms with Gasteiger partial charge >= 0.3 is 0 Å². The standard InChI is InChI=1S/C25H21FN2O5/c26-20-6-2-1-4-16(20)13-28-11-10-18-19(25(28)30)5-3-7-21(18)31-14-24(29)27-17-8-9-22-23(12-17)33-15-32-22/h1-9,12H,10-11,13-15H2,(H,27,29).